The molecule has 4 aromatic rings. The van der Waals surface area contributed by atoms with Gasteiger partial charge in [-0.2, -0.15) is 5.10 Å². The van der Waals surface area contributed by atoms with Gasteiger partial charge in [-0.15, -0.1) is 10.2 Å². The van der Waals surface area contributed by atoms with Crippen molar-refractivity contribution in [1.29, 1.82) is 0 Å². The van der Waals surface area contributed by atoms with Crippen molar-refractivity contribution >= 4 is 35.1 Å². The Hall–Kier alpha value is -3.04. The second kappa shape index (κ2) is 9.84. The topological polar surface area (TPSA) is 90.8 Å². The van der Waals surface area contributed by atoms with Crippen molar-refractivity contribution in [3.8, 4) is 11.4 Å². The predicted octanol–water partition coefficient (Wildman–Crippen LogP) is 5.28. The molecule has 10 heteroatoms. The predicted molar refractivity (Wildman–Crippen MR) is 127 cm³/mol. The average Bonchev–Trinajstić information content (AvgIpc) is 3.61. The number of rotatable bonds is 8. The molecular formula is C23H23ClN6O2S. The van der Waals surface area contributed by atoms with E-state index in [0.717, 1.165) is 30.0 Å². The molecule has 1 aromatic carbocycles. The molecule has 3 heterocycles. The van der Waals surface area contributed by atoms with Gasteiger partial charge in [0.25, 0.3) is 0 Å². The number of carbonyl (C=O) groups excluding carboxylic acids is 1. The van der Waals surface area contributed by atoms with Crippen LogP contribution in [0.2, 0.25) is 5.02 Å². The highest BCUT2D eigenvalue weighted by Crippen LogP contribution is 2.31. The number of hydrogen-bond acceptors (Lipinski definition) is 6. The van der Waals surface area contributed by atoms with Crippen LogP contribution in [0.1, 0.15) is 37.5 Å². The van der Waals surface area contributed by atoms with Crippen LogP contribution in [0.15, 0.2) is 64.5 Å². The summed E-state index contributed by atoms with van der Waals surface area (Å²) in [7, 11) is 0. The Kier molecular flexibility index (Phi) is 6.50. The molecule has 0 saturated heterocycles. The van der Waals surface area contributed by atoms with Crippen LogP contribution in [0.5, 0.6) is 0 Å². The van der Waals surface area contributed by atoms with Crippen LogP contribution in [0, 0.1) is 0 Å². The van der Waals surface area contributed by atoms with Gasteiger partial charge in [-0.3, -0.25) is 9.36 Å². The van der Waals surface area contributed by atoms with Crippen molar-refractivity contribution in [3.63, 3.8) is 0 Å². The molecule has 0 spiro atoms. The molecule has 0 unspecified atom stereocenters. The lowest BCUT2D eigenvalue weighted by molar-refractivity contribution is -0.113. The summed E-state index contributed by atoms with van der Waals surface area (Å²) in [6.07, 6.45) is 7.98. The normalized spacial score (nSPS) is 14.1. The Morgan fingerprint density at radius 1 is 1.15 bits per heavy atom. The molecule has 1 fully saturated rings. The van der Waals surface area contributed by atoms with E-state index in [2.05, 4.69) is 20.6 Å². The highest BCUT2D eigenvalue weighted by molar-refractivity contribution is 7.99. The zero-order chi connectivity index (χ0) is 22.6. The van der Waals surface area contributed by atoms with Crippen LogP contribution in [0.25, 0.3) is 11.4 Å². The van der Waals surface area contributed by atoms with Gasteiger partial charge in [-0.25, -0.2) is 4.68 Å². The molecule has 1 saturated carbocycles. The number of hydrogen-bond donors (Lipinski definition) is 1. The second-order valence-corrected chi connectivity index (χ2v) is 9.29. The highest BCUT2D eigenvalue weighted by Gasteiger charge is 2.21. The van der Waals surface area contributed by atoms with Crippen LogP contribution in [-0.4, -0.2) is 36.2 Å². The van der Waals surface area contributed by atoms with Gasteiger partial charge in [-0.1, -0.05) is 36.2 Å². The average molecular weight is 483 g/mol. The number of nitrogens with one attached hydrogen (secondary N) is 1. The lowest BCUT2D eigenvalue weighted by Crippen LogP contribution is -2.19. The SMILES string of the molecule is O=C(CSc1nnc(-c2ccc(Cl)cc2)n1Cc1ccco1)Nc1ccnn1C1CCCC1. The Morgan fingerprint density at radius 2 is 1.97 bits per heavy atom. The fourth-order valence-electron chi connectivity index (χ4n) is 4.07. The lowest BCUT2D eigenvalue weighted by Gasteiger charge is -2.14. The standard InChI is InChI=1S/C23H23ClN6O2S/c24-17-9-7-16(8-10-17)22-27-28-23(29(22)14-19-6-3-13-32-19)33-15-21(31)26-20-11-12-25-30(20)18-4-1-2-5-18/h3,6-13,18H,1-2,4-5,14-15H2,(H,26,31). The molecule has 5 rings (SSSR count). The molecule has 1 N–H and O–H groups in total. The van der Waals surface area contributed by atoms with E-state index in [-0.39, 0.29) is 11.7 Å². The molecule has 1 aliphatic carbocycles. The number of aromatic nitrogens is 5. The van der Waals surface area contributed by atoms with Gasteiger partial charge in [0.15, 0.2) is 11.0 Å². The number of amides is 1. The summed E-state index contributed by atoms with van der Waals surface area (Å²) in [5.41, 5.74) is 0.884. The molecular weight excluding hydrogens is 460 g/mol. The minimum Gasteiger partial charge on any atom is -0.467 e. The van der Waals surface area contributed by atoms with E-state index < -0.39 is 0 Å². The van der Waals surface area contributed by atoms with Crippen LogP contribution < -0.4 is 5.32 Å². The van der Waals surface area contributed by atoms with Gasteiger partial charge < -0.3 is 9.73 Å². The first kappa shape index (κ1) is 21.8. The fourth-order valence-corrected chi connectivity index (χ4v) is 4.93. The minimum atomic E-state index is -0.111. The molecule has 0 aliphatic heterocycles. The number of anilines is 1. The van der Waals surface area contributed by atoms with E-state index in [1.807, 2.05) is 51.7 Å². The van der Waals surface area contributed by atoms with Gasteiger partial charge in [0, 0.05) is 16.7 Å². The Balaban J connectivity index is 1.31. The second-order valence-electron chi connectivity index (χ2n) is 7.91. The van der Waals surface area contributed by atoms with Gasteiger partial charge >= 0.3 is 0 Å². The van der Waals surface area contributed by atoms with Crippen LogP contribution in [0.4, 0.5) is 5.82 Å². The summed E-state index contributed by atoms with van der Waals surface area (Å²) in [5, 5.41) is 17.4. The largest absolute Gasteiger partial charge is 0.467 e. The first-order valence-corrected chi connectivity index (χ1v) is 12.2. The van der Waals surface area contributed by atoms with Crippen molar-refractivity contribution in [1.82, 2.24) is 24.5 Å². The molecule has 1 aliphatic rings. The zero-order valence-corrected chi connectivity index (χ0v) is 19.4. The summed E-state index contributed by atoms with van der Waals surface area (Å²) in [6.45, 7) is 0.455. The van der Waals surface area contributed by atoms with E-state index in [1.54, 1.807) is 12.5 Å². The summed E-state index contributed by atoms with van der Waals surface area (Å²) in [4.78, 5) is 12.7. The van der Waals surface area contributed by atoms with Crippen LogP contribution >= 0.6 is 23.4 Å². The molecule has 8 nitrogen and oxygen atoms in total. The quantitative estimate of drug-likeness (QED) is 0.343. The number of carbonyl (C=O) groups is 1. The molecule has 1 amide bonds. The van der Waals surface area contributed by atoms with E-state index in [1.165, 1.54) is 24.6 Å². The summed E-state index contributed by atoms with van der Waals surface area (Å²) in [5.74, 6) is 2.29. The zero-order valence-electron chi connectivity index (χ0n) is 17.9. The summed E-state index contributed by atoms with van der Waals surface area (Å²) in [6, 6.07) is 13.4. The fraction of sp³-hybridized carbons (Fsp3) is 0.304. The monoisotopic (exact) mass is 482 g/mol. The van der Waals surface area contributed by atoms with Gasteiger partial charge in [0.05, 0.1) is 30.8 Å². The van der Waals surface area contributed by atoms with Crippen molar-refractivity contribution in [2.24, 2.45) is 0 Å². The van der Waals surface area contributed by atoms with E-state index in [0.29, 0.717) is 28.6 Å². The molecule has 0 atom stereocenters. The molecule has 3 aromatic heterocycles. The van der Waals surface area contributed by atoms with Crippen LogP contribution in [-0.2, 0) is 11.3 Å². The maximum Gasteiger partial charge on any atom is 0.235 e. The third-order valence-electron chi connectivity index (χ3n) is 5.65. The van der Waals surface area contributed by atoms with Gasteiger partial charge in [0.1, 0.15) is 11.6 Å². The number of thioether (sulfide) groups is 1. The van der Waals surface area contributed by atoms with Crippen molar-refractivity contribution in [2.75, 3.05) is 11.1 Å². The number of halogens is 1. The van der Waals surface area contributed by atoms with Gasteiger partial charge in [-0.05, 0) is 49.2 Å². The summed E-state index contributed by atoms with van der Waals surface area (Å²) >= 11 is 7.38. The maximum atomic E-state index is 12.7. The third-order valence-corrected chi connectivity index (χ3v) is 6.87. The Morgan fingerprint density at radius 3 is 2.73 bits per heavy atom. The van der Waals surface area contributed by atoms with Crippen molar-refractivity contribution in [2.45, 2.75) is 43.4 Å². The highest BCUT2D eigenvalue weighted by atomic mass is 35.5. The number of furan rings is 1. The van der Waals surface area contributed by atoms with Gasteiger partial charge in [0.2, 0.25) is 5.91 Å². The molecule has 0 radical (unpaired) electrons. The summed E-state index contributed by atoms with van der Waals surface area (Å²) < 4.78 is 9.42. The van der Waals surface area contributed by atoms with E-state index >= 15 is 0 Å². The Bertz CT molecular complexity index is 1210. The lowest BCUT2D eigenvalue weighted by atomic mass is 10.2. The minimum absolute atomic E-state index is 0.111. The number of nitrogens with zero attached hydrogens (tertiary/aromatic N) is 5. The first-order chi connectivity index (χ1) is 16.2. The third kappa shape index (κ3) is 4.99. The molecule has 0 bridgehead atoms. The first-order valence-electron chi connectivity index (χ1n) is 10.8. The number of benzene rings is 1. The Labute approximate surface area is 200 Å². The van der Waals surface area contributed by atoms with Crippen molar-refractivity contribution < 1.29 is 9.21 Å². The molecule has 33 heavy (non-hydrogen) atoms. The van der Waals surface area contributed by atoms with Crippen molar-refractivity contribution in [3.05, 3.63) is 65.7 Å². The van der Waals surface area contributed by atoms with E-state index in [4.69, 9.17) is 16.0 Å². The maximum absolute atomic E-state index is 12.7. The molecule has 170 valence electrons. The smallest absolute Gasteiger partial charge is 0.235 e. The van der Waals surface area contributed by atoms with Crippen LogP contribution in [0.3, 0.4) is 0 Å². The van der Waals surface area contributed by atoms with E-state index in [9.17, 15) is 4.79 Å².